The van der Waals surface area contributed by atoms with Gasteiger partial charge >= 0.3 is 0 Å². The van der Waals surface area contributed by atoms with Gasteiger partial charge in [0.1, 0.15) is 48.3 Å². The van der Waals surface area contributed by atoms with E-state index in [0.717, 1.165) is 19.6 Å². The van der Waals surface area contributed by atoms with E-state index in [1.807, 2.05) is 34.6 Å². The highest BCUT2D eigenvalue weighted by atomic mass is 35.5. The van der Waals surface area contributed by atoms with Crippen LogP contribution in [0.25, 0.3) is 0 Å². The van der Waals surface area contributed by atoms with Crippen LogP contribution >= 0.6 is 11.6 Å². The van der Waals surface area contributed by atoms with E-state index in [0.29, 0.717) is 54.1 Å². The quantitative estimate of drug-likeness (QED) is 0.192. The van der Waals surface area contributed by atoms with E-state index in [1.165, 1.54) is 71.0 Å². The predicted molar refractivity (Wildman–Crippen MR) is 357 cm³/mol. The monoisotopic (exact) mass is 1320 g/mol. The molecule has 0 spiro atoms. The Kier molecular flexibility index (Phi) is 29.0. The van der Waals surface area contributed by atoms with Crippen LogP contribution in [0.15, 0.2) is 84.9 Å². The molecule has 94 heavy (non-hydrogen) atoms. The van der Waals surface area contributed by atoms with Crippen molar-refractivity contribution in [2.75, 3.05) is 82.1 Å². The van der Waals surface area contributed by atoms with E-state index in [4.69, 9.17) is 11.6 Å². The summed E-state index contributed by atoms with van der Waals surface area (Å²) in [6.07, 6.45) is 1.23. The Hall–Kier alpha value is -8.41. The summed E-state index contributed by atoms with van der Waals surface area (Å²) in [6, 6.07) is 14.1. The molecule has 0 unspecified atom stereocenters. The molecule has 0 radical (unpaired) electrons. The summed E-state index contributed by atoms with van der Waals surface area (Å²) < 4.78 is 0. The van der Waals surface area contributed by atoms with E-state index in [9.17, 15) is 43.2 Å². The molecule has 0 aliphatic carbocycles. The third kappa shape index (κ3) is 21.6. The molecule has 25 heteroatoms. The van der Waals surface area contributed by atoms with Gasteiger partial charge in [-0.1, -0.05) is 132 Å². The van der Waals surface area contributed by atoms with E-state index >= 15 is 14.4 Å². The van der Waals surface area contributed by atoms with Crippen molar-refractivity contribution in [1.29, 1.82) is 0 Å². The number of hydrogen-bond acceptors (Lipinski definition) is 12. The molecule has 0 saturated carbocycles. The van der Waals surface area contributed by atoms with Crippen LogP contribution in [-0.4, -0.2) is 240 Å². The number of halogens is 1. The van der Waals surface area contributed by atoms with Gasteiger partial charge in [-0.2, -0.15) is 0 Å². The van der Waals surface area contributed by atoms with Crippen molar-refractivity contribution < 1.29 is 57.5 Å². The van der Waals surface area contributed by atoms with Crippen LogP contribution in [0, 0.1) is 17.8 Å². The zero-order valence-corrected chi connectivity index (χ0v) is 57.9. The molecule has 2 saturated heterocycles. The summed E-state index contributed by atoms with van der Waals surface area (Å²) in [7, 11) is 9.74. The van der Waals surface area contributed by atoms with Gasteiger partial charge in [0, 0.05) is 86.7 Å². The van der Waals surface area contributed by atoms with Gasteiger partial charge in [0.25, 0.3) is 0 Å². The predicted octanol–water partition coefficient (Wildman–Crippen LogP) is 3.17. The van der Waals surface area contributed by atoms with Crippen LogP contribution in [-0.2, 0) is 76.8 Å². The highest BCUT2D eigenvalue weighted by molar-refractivity contribution is 6.30. The Morgan fingerprint density at radius 3 is 1.55 bits per heavy atom. The van der Waals surface area contributed by atoms with Crippen molar-refractivity contribution in [3.05, 3.63) is 107 Å². The van der Waals surface area contributed by atoms with Gasteiger partial charge in [-0.05, 0) is 79.2 Å². The van der Waals surface area contributed by atoms with Gasteiger partial charge in [-0.25, -0.2) is 0 Å². The topological polar surface area (TPSA) is 279 Å². The smallest absolute Gasteiger partial charge is 0.246 e. The first-order valence-corrected chi connectivity index (χ1v) is 32.8. The maximum Gasteiger partial charge on any atom is 0.246 e. The van der Waals surface area contributed by atoms with Crippen LogP contribution in [0.5, 0.6) is 0 Å². The van der Waals surface area contributed by atoms with Crippen molar-refractivity contribution in [3.63, 3.8) is 0 Å². The average molecular weight is 1320 g/mol. The number of carbonyl (C=O) groups is 12. The largest absolute Gasteiger partial charge is 0.342 e. The van der Waals surface area contributed by atoms with Crippen LogP contribution in [0.2, 0.25) is 5.02 Å². The second kappa shape index (κ2) is 35.7. The lowest BCUT2D eigenvalue weighted by molar-refractivity contribution is -0.150. The first-order chi connectivity index (χ1) is 44.3. The minimum Gasteiger partial charge on any atom is -0.342 e. The van der Waals surface area contributed by atoms with E-state index < -0.39 is 151 Å². The molecule has 2 heterocycles. The Morgan fingerprint density at radius 1 is 0.489 bits per heavy atom. The Bertz CT molecular complexity index is 3130. The summed E-state index contributed by atoms with van der Waals surface area (Å²) in [5.41, 5.74) is 1.92. The molecular formula is C69H99ClN12O12. The number of amides is 12. The first kappa shape index (κ1) is 76.3. The SMILES string of the molecule is CC[C@H](C)[C@@H]1NC(=O)[C@H](C)N(C)C(=O)C[C@H](C(=O)N2CCCC2)NC(=O)[C@H](CC(C)C)N(C)C(=O)[C@H](Cc2ccccc2)N(C)C(=O)[C@H](CC(C)C)NC(=O)[C@H](Cc2ccccc2)NC(=O)CN(C)C(=O)[C@H](Cc2ccc(Cl)cc2)N(C)C(=O)CN(C)C(=O)CN(C)C1=O. The number of nitrogens with zero attached hydrogens (tertiary/aromatic N) is 8. The molecule has 2 fully saturated rings. The van der Waals surface area contributed by atoms with Gasteiger partial charge in [0.2, 0.25) is 70.9 Å². The van der Waals surface area contributed by atoms with Crippen LogP contribution in [0.3, 0.4) is 0 Å². The fraction of sp³-hybridized carbons (Fsp3) is 0.565. The lowest BCUT2D eigenvalue weighted by Crippen LogP contribution is -2.61. The number of hydrogen-bond donors (Lipinski definition) is 4. The van der Waals surface area contributed by atoms with Gasteiger partial charge < -0.3 is 60.5 Å². The van der Waals surface area contributed by atoms with Gasteiger partial charge in [-0.15, -0.1) is 0 Å². The van der Waals surface area contributed by atoms with Crippen molar-refractivity contribution >= 4 is 82.5 Å². The third-order valence-corrected chi connectivity index (χ3v) is 18.0. The Labute approximate surface area is 559 Å². The molecule has 0 aromatic heterocycles. The lowest BCUT2D eigenvalue weighted by Gasteiger charge is -2.37. The summed E-state index contributed by atoms with van der Waals surface area (Å²) in [4.78, 5) is 185. The molecule has 0 bridgehead atoms. The highest BCUT2D eigenvalue weighted by Gasteiger charge is 2.42. The molecular weight excluding hydrogens is 1220 g/mol. The standard InChI is InChI=1S/C69H99ClN12O12/c1-15-45(6)61-69(94)77(10)41-59(85)75(8)42-60(86)79(12)55(38-49-28-30-50(70)31-29-49)67(92)76(9)40-57(83)71-51(36-47-24-18-16-19-25-47)63(88)72-52(34-43(2)3)65(90)81(14)56(37-48-26-20-17-21-27-48)68(93)80(13)54(35-44(4)5)64(89)73-53(66(91)82-32-22-23-33-82)39-58(84)78(11)46(7)62(87)74-61/h16-21,24-31,43-46,51-56,61H,15,22-23,32-42H2,1-14H3,(H,71,83)(H,72,88)(H,73,89)(H,74,87)/t45-,46-,51-,52-,53+,54-,55-,56-,61-/m0/s1. The summed E-state index contributed by atoms with van der Waals surface area (Å²) in [5.74, 6) is -9.08. The molecule has 2 aliphatic heterocycles. The third-order valence-electron chi connectivity index (χ3n) is 17.8. The Balaban J connectivity index is 1.62. The lowest BCUT2D eigenvalue weighted by atomic mass is 9.97. The second-order valence-corrected chi connectivity index (χ2v) is 26.5. The highest BCUT2D eigenvalue weighted by Crippen LogP contribution is 2.22. The summed E-state index contributed by atoms with van der Waals surface area (Å²) in [5, 5.41) is 11.7. The number of carbonyl (C=O) groups excluding carboxylic acids is 12. The molecule has 5 rings (SSSR count). The number of likely N-dealkylation sites (tertiary alicyclic amines) is 1. The van der Waals surface area contributed by atoms with Gasteiger partial charge in [0.05, 0.1) is 26.1 Å². The number of nitrogens with one attached hydrogen (secondary N) is 4. The molecule has 9 atom stereocenters. The van der Waals surface area contributed by atoms with Gasteiger partial charge in [-0.3, -0.25) is 57.5 Å². The van der Waals surface area contributed by atoms with E-state index in [2.05, 4.69) is 21.3 Å². The van der Waals surface area contributed by atoms with E-state index in [-0.39, 0.29) is 43.9 Å². The Morgan fingerprint density at radius 2 is 1.00 bits per heavy atom. The normalized spacial score (nSPS) is 24.0. The zero-order valence-electron chi connectivity index (χ0n) is 57.2. The molecule has 2 aliphatic rings. The molecule has 3 aromatic carbocycles. The van der Waals surface area contributed by atoms with Crippen LogP contribution < -0.4 is 21.3 Å². The second-order valence-electron chi connectivity index (χ2n) is 26.1. The maximum atomic E-state index is 15.4. The minimum absolute atomic E-state index is 0.0313. The number of rotatable bonds is 13. The minimum atomic E-state index is -1.45. The summed E-state index contributed by atoms with van der Waals surface area (Å²) in [6.45, 7) is 11.5. The van der Waals surface area contributed by atoms with Crippen LogP contribution in [0.1, 0.15) is 104 Å². The number of likely N-dealkylation sites (N-methyl/N-ethyl adjacent to an activating group) is 7. The fourth-order valence-corrected chi connectivity index (χ4v) is 11.6. The van der Waals surface area contributed by atoms with Crippen molar-refractivity contribution in [3.8, 4) is 0 Å². The van der Waals surface area contributed by atoms with Crippen molar-refractivity contribution in [2.45, 2.75) is 155 Å². The summed E-state index contributed by atoms with van der Waals surface area (Å²) >= 11 is 6.23. The molecule has 4 N–H and O–H groups in total. The molecule has 3 aromatic rings. The van der Waals surface area contributed by atoms with Crippen molar-refractivity contribution in [1.82, 2.24) is 60.5 Å². The maximum absolute atomic E-state index is 15.4. The zero-order chi connectivity index (χ0) is 69.8. The molecule has 12 amide bonds. The van der Waals surface area contributed by atoms with Crippen LogP contribution in [0.4, 0.5) is 0 Å². The number of benzene rings is 3. The fourth-order valence-electron chi connectivity index (χ4n) is 11.5. The van der Waals surface area contributed by atoms with Gasteiger partial charge in [0.15, 0.2) is 0 Å². The molecule has 24 nitrogen and oxygen atoms in total. The van der Waals surface area contributed by atoms with E-state index in [1.54, 1.807) is 96.8 Å². The first-order valence-electron chi connectivity index (χ1n) is 32.4. The molecule has 514 valence electrons. The van der Waals surface area contributed by atoms with Crippen molar-refractivity contribution in [2.24, 2.45) is 17.8 Å². The average Bonchev–Trinajstić information content (AvgIpc) is 1.47.